The van der Waals surface area contributed by atoms with E-state index >= 15 is 0 Å². The quantitative estimate of drug-likeness (QED) is 0.857. The number of morpholine rings is 1. The van der Waals surface area contributed by atoms with Crippen molar-refractivity contribution in [3.8, 4) is 0 Å². The Kier molecular flexibility index (Phi) is 3.64. The summed E-state index contributed by atoms with van der Waals surface area (Å²) in [5.74, 6) is -0.266. The molecule has 0 aliphatic carbocycles. The summed E-state index contributed by atoms with van der Waals surface area (Å²) < 4.78 is 18.8. The molecule has 4 heteroatoms. The van der Waals surface area contributed by atoms with E-state index in [4.69, 9.17) is 4.74 Å². The van der Waals surface area contributed by atoms with E-state index < -0.39 is 6.10 Å². The molecule has 94 valence electrons. The molecule has 0 unspecified atom stereocenters. The molecule has 1 aliphatic heterocycles. The zero-order valence-electron chi connectivity index (χ0n) is 10.2. The molecule has 1 atom stereocenters. The van der Waals surface area contributed by atoms with Gasteiger partial charge in [0.15, 0.2) is 0 Å². The van der Waals surface area contributed by atoms with Crippen molar-refractivity contribution in [3.05, 3.63) is 29.1 Å². The van der Waals surface area contributed by atoms with Crippen molar-refractivity contribution in [1.82, 2.24) is 0 Å². The molecule has 1 heterocycles. The molecule has 1 N–H and O–H groups in total. The molecule has 2 rings (SSSR count). The van der Waals surface area contributed by atoms with Crippen molar-refractivity contribution < 1.29 is 14.2 Å². The SMILES string of the molecule is Cc1cc(N2CCOCC2)c([C@@H](C)O)cc1F. The average Bonchev–Trinajstić information content (AvgIpc) is 2.33. The van der Waals surface area contributed by atoms with Crippen molar-refractivity contribution in [2.24, 2.45) is 0 Å². The zero-order valence-corrected chi connectivity index (χ0v) is 10.2. The molecule has 17 heavy (non-hydrogen) atoms. The summed E-state index contributed by atoms with van der Waals surface area (Å²) in [6, 6.07) is 3.24. The van der Waals surface area contributed by atoms with Gasteiger partial charge in [0.1, 0.15) is 5.82 Å². The molecular weight excluding hydrogens is 221 g/mol. The predicted molar refractivity (Wildman–Crippen MR) is 64.8 cm³/mol. The molecule has 1 saturated heterocycles. The van der Waals surface area contributed by atoms with Crippen LogP contribution in [0.2, 0.25) is 0 Å². The summed E-state index contributed by atoms with van der Waals surface area (Å²) in [6.07, 6.45) is -0.664. The van der Waals surface area contributed by atoms with Crippen molar-refractivity contribution in [3.63, 3.8) is 0 Å². The smallest absolute Gasteiger partial charge is 0.126 e. The van der Waals surface area contributed by atoms with Gasteiger partial charge in [0, 0.05) is 24.3 Å². The van der Waals surface area contributed by atoms with Gasteiger partial charge in [0.25, 0.3) is 0 Å². The molecule has 0 radical (unpaired) electrons. The van der Waals surface area contributed by atoms with Gasteiger partial charge in [-0.1, -0.05) is 0 Å². The van der Waals surface area contributed by atoms with Crippen molar-refractivity contribution in [1.29, 1.82) is 0 Å². The molecule has 1 aromatic carbocycles. The highest BCUT2D eigenvalue weighted by atomic mass is 19.1. The number of hydrogen-bond donors (Lipinski definition) is 1. The summed E-state index contributed by atoms with van der Waals surface area (Å²) in [5.41, 5.74) is 2.17. The highest BCUT2D eigenvalue weighted by molar-refractivity contribution is 5.57. The van der Waals surface area contributed by atoms with Crippen LogP contribution in [0.25, 0.3) is 0 Å². The van der Waals surface area contributed by atoms with Gasteiger partial charge in [-0.05, 0) is 31.5 Å². The topological polar surface area (TPSA) is 32.7 Å². The lowest BCUT2D eigenvalue weighted by molar-refractivity contribution is 0.122. The number of aryl methyl sites for hydroxylation is 1. The van der Waals surface area contributed by atoms with Gasteiger partial charge in [-0.3, -0.25) is 0 Å². The fourth-order valence-corrected chi connectivity index (χ4v) is 2.09. The van der Waals surface area contributed by atoms with Gasteiger partial charge in [0.05, 0.1) is 19.3 Å². The summed E-state index contributed by atoms with van der Waals surface area (Å²) in [7, 11) is 0. The summed E-state index contributed by atoms with van der Waals surface area (Å²) >= 11 is 0. The minimum Gasteiger partial charge on any atom is -0.389 e. The number of benzene rings is 1. The van der Waals surface area contributed by atoms with Crippen LogP contribution in [0.4, 0.5) is 10.1 Å². The Balaban J connectivity index is 2.39. The third-order valence-electron chi connectivity index (χ3n) is 3.11. The van der Waals surface area contributed by atoms with E-state index in [9.17, 15) is 9.50 Å². The van der Waals surface area contributed by atoms with E-state index in [1.165, 1.54) is 6.07 Å². The fraction of sp³-hybridized carbons (Fsp3) is 0.538. The molecule has 1 fully saturated rings. The van der Waals surface area contributed by atoms with E-state index in [0.29, 0.717) is 24.3 Å². The van der Waals surface area contributed by atoms with Gasteiger partial charge in [-0.2, -0.15) is 0 Å². The normalized spacial score (nSPS) is 18.2. The lowest BCUT2D eigenvalue weighted by atomic mass is 10.0. The first-order chi connectivity index (χ1) is 8.09. The summed E-state index contributed by atoms with van der Waals surface area (Å²) in [4.78, 5) is 2.14. The number of aliphatic hydroxyl groups is 1. The number of nitrogens with zero attached hydrogens (tertiary/aromatic N) is 1. The maximum atomic E-state index is 13.5. The average molecular weight is 239 g/mol. The maximum Gasteiger partial charge on any atom is 0.126 e. The van der Waals surface area contributed by atoms with Gasteiger partial charge < -0.3 is 14.7 Å². The molecule has 1 aliphatic rings. The molecule has 0 spiro atoms. The largest absolute Gasteiger partial charge is 0.389 e. The van der Waals surface area contributed by atoms with E-state index in [1.54, 1.807) is 13.8 Å². The van der Waals surface area contributed by atoms with Crippen LogP contribution >= 0.6 is 0 Å². The molecule has 0 amide bonds. The highest BCUT2D eigenvalue weighted by Crippen LogP contribution is 2.29. The Labute approximate surface area is 101 Å². The highest BCUT2D eigenvalue weighted by Gasteiger charge is 2.18. The fourth-order valence-electron chi connectivity index (χ4n) is 2.09. The Morgan fingerprint density at radius 2 is 2.00 bits per heavy atom. The van der Waals surface area contributed by atoms with E-state index in [0.717, 1.165) is 18.8 Å². The third kappa shape index (κ3) is 2.58. The van der Waals surface area contributed by atoms with Gasteiger partial charge in [-0.15, -0.1) is 0 Å². The number of rotatable bonds is 2. The lowest BCUT2D eigenvalue weighted by Crippen LogP contribution is -2.37. The maximum absolute atomic E-state index is 13.5. The summed E-state index contributed by atoms with van der Waals surface area (Å²) in [5, 5.41) is 9.73. The first-order valence-electron chi connectivity index (χ1n) is 5.90. The number of aliphatic hydroxyl groups excluding tert-OH is 1. The first-order valence-corrected chi connectivity index (χ1v) is 5.90. The summed E-state index contributed by atoms with van der Waals surface area (Å²) in [6.45, 7) is 6.32. The third-order valence-corrected chi connectivity index (χ3v) is 3.11. The van der Waals surface area contributed by atoms with Crippen LogP contribution in [0.15, 0.2) is 12.1 Å². The second-order valence-electron chi connectivity index (χ2n) is 4.44. The molecule has 1 aromatic rings. The van der Waals surface area contributed by atoms with Crippen molar-refractivity contribution in [2.75, 3.05) is 31.2 Å². The Morgan fingerprint density at radius 3 is 2.59 bits per heavy atom. The van der Waals surface area contributed by atoms with E-state index in [2.05, 4.69) is 4.90 Å². The second kappa shape index (κ2) is 5.02. The van der Waals surface area contributed by atoms with Crippen LogP contribution < -0.4 is 4.90 Å². The second-order valence-corrected chi connectivity index (χ2v) is 4.44. The van der Waals surface area contributed by atoms with Gasteiger partial charge >= 0.3 is 0 Å². The van der Waals surface area contributed by atoms with Crippen LogP contribution in [0.5, 0.6) is 0 Å². The minimum atomic E-state index is -0.664. The van der Waals surface area contributed by atoms with Crippen LogP contribution in [0.1, 0.15) is 24.2 Å². The van der Waals surface area contributed by atoms with E-state index in [-0.39, 0.29) is 5.82 Å². The Morgan fingerprint density at radius 1 is 1.35 bits per heavy atom. The van der Waals surface area contributed by atoms with E-state index in [1.807, 2.05) is 6.07 Å². The van der Waals surface area contributed by atoms with Gasteiger partial charge in [-0.25, -0.2) is 4.39 Å². The lowest BCUT2D eigenvalue weighted by Gasteiger charge is -2.31. The number of halogens is 1. The molecule has 3 nitrogen and oxygen atoms in total. The monoisotopic (exact) mass is 239 g/mol. The molecule has 0 aromatic heterocycles. The number of hydrogen-bond acceptors (Lipinski definition) is 3. The standard InChI is InChI=1S/C13H18FNO2/c1-9-7-13(15-3-5-17-6-4-15)11(10(2)16)8-12(9)14/h7-8,10,16H,3-6H2,1-2H3/t10-/m1/s1. The van der Waals surface area contributed by atoms with Crippen molar-refractivity contribution in [2.45, 2.75) is 20.0 Å². The van der Waals surface area contributed by atoms with Crippen molar-refractivity contribution >= 4 is 5.69 Å². The molecular formula is C13H18FNO2. The number of anilines is 1. The van der Waals surface area contributed by atoms with Gasteiger partial charge in [0.2, 0.25) is 0 Å². The van der Waals surface area contributed by atoms with Crippen LogP contribution in [0.3, 0.4) is 0 Å². The Bertz CT molecular complexity index is 401. The molecule has 0 saturated carbocycles. The zero-order chi connectivity index (χ0) is 12.4. The first kappa shape index (κ1) is 12.3. The van der Waals surface area contributed by atoms with Crippen LogP contribution in [0, 0.1) is 12.7 Å². The van der Waals surface area contributed by atoms with Crippen LogP contribution in [-0.2, 0) is 4.74 Å². The predicted octanol–water partition coefficient (Wildman–Crippen LogP) is 2.02. The Hall–Kier alpha value is -1.13. The number of ether oxygens (including phenoxy) is 1. The minimum absolute atomic E-state index is 0.266. The molecule has 0 bridgehead atoms. The van der Waals surface area contributed by atoms with Crippen LogP contribution in [-0.4, -0.2) is 31.4 Å².